The van der Waals surface area contributed by atoms with Crippen LogP contribution in [0.15, 0.2) is 0 Å². The summed E-state index contributed by atoms with van der Waals surface area (Å²) in [6.45, 7) is 0. The molecular formula is N3P3Pt+2. The molecular weight excluding hydrogens is 330 g/mol. The van der Waals surface area contributed by atoms with Crippen LogP contribution in [0.3, 0.4) is 0 Å². The van der Waals surface area contributed by atoms with Crippen molar-refractivity contribution in [1.82, 2.24) is 13.5 Å². The summed E-state index contributed by atoms with van der Waals surface area (Å²) in [5.74, 6) is 0. The molecule has 1 aromatic heterocycles. The van der Waals surface area contributed by atoms with E-state index in [1.165, 1.54) is 0 Å². The van der Waals surface area contributed by atoms with Gasteiger partial charge in [-0.25, -0.2) is 0 Å². The average Bonchev–Trinajstić information content (AvgIpc) is 1.72. The van der Waals surface area contributed by atoms with Gasteiger partial charge in [-0.3, -0.25) is 0 Å². The number of aromatic nitrogens is 3. The summed E-state index contributed by atoms with van der Waals surface area (Å²) >= 11 is 0. The number of hydrogen-bond acceptors (Lipinski definition) is 3. The fraction of sp³-hybridized carbons (Fsp3) is 0. The van der Waals surface area contributed by atoms with Gasteiger partial charge in [0.15, 0.2) is 25.5 Å². The molecule has 0 radical (unpaired) electrons. The zero-order valence-electron chi connectivity index (χ0n) is 3.00. The predicted octanol–water partition coefficient (Wildman–Crippen LogP) is 1.61. The van der Waals surface area contributed by atoms with Crippen LogP contribution in [0.25, 0.3) is 0 Å². The summed E-state index contributed by atoms with van der Waals surface area (Å²) in [5, 5.41) is 0. The Morgan fingerprint density at radius 3 is 1.14 bits per heavy atom. The van der Waals surface area contributed by atoms with Crippen molar-refractivity contribution in [3.63, 3.8) is 0 Å². The molecule has 0 aliphatic heterocycles. The van der Waals surface area contributed by atoms with E-state index in [-0.39, 0.29) is 21.1 Å². The maximum absolute atomic E-state index is 3.78. The van der Waals surface area contributed by atoms with Crippen molar-refractivity contribution in [2.45, 2.75) is 0 Å². The largest absolute Gasteiger partial charge is 2.00 e. The number of hydrogen-bond donors (Lipinski definition) is 0. The third-order valence-electron chi connectivity index (χ3n) is 0.240. The smallest absolute Gasteiger partial charge is 0.166 e. The van der Waals surface area contributed by atoms with Gasteiger partial charge < -0.3 is 0 Å². The Kier molecular flexibility index (Phi) is 5.86. The summed E-state index contributed by atoms with van der Waals surface area (Å²) in [4.78, 5) is 0. The molecule has 1 heterocycles. The normalized spacial score (nSPS) is 10.3. The maximum Gasteiger partial charge on any atom is 2.00 e. The van der Waals surface area contributed by atoms with Crippen molar-refractivity contribution in [3.8, 4) is 0 Å². The summed E-state index contributed by atoms with van der Waals surface area (Å²) in [6.07, 6.45) is 0. The fourth-order valence-corrected chi connectivity index (χ4v) is 1.93. The van der Waals surface area contributed by atoms with Gasteiger partial charge >= 0.3 is 21.1 Å². The first kappa shape index (κ1) is 7.99. The molecule has 38 valence electrons. The molecule has 1 aromatic rings. The third-order valence-corrected chi connectivity index (χ3v) is 2.16. The molecule has 0 atom stereocenters. The quantitative estimate of drug-likeness (QED) is 0.726. The molecule has 0 aliphatic carbocycles. The molecule has 0 aromatic carbocycles. The van der Waals surface area contributed by atoms with Gasteiger partial charge in [0.1, 0.15) is 0 Å². The molecule has 0 saturated heterocycles. The van der Waals surface area contributed by atoms with Crippen LogP contribution in [-0.4, -0.2) is 13.5 Å². The van der Waals surface area contributed by atoms with Crippen molar-refractivity contribution in [1.29, 1.82) is 0 Å². The van der Waals surface area contributed by atoms with Crippen LogP contribution < -0.4 is 0 Å². The summed E-state index contributed by atoms with van der Waals surface area (Å²) in [5.41, 5.74) is 0. The first-order valence-corrected chi connectivity index (χ1v) is 3.60. The van der Waals surface area contributed by atoms with E-state index in [1.54, 1.807) is 0 Å². The Bertz CT molecular complexity index is 82.1. The summed E-state index contributed by atoms with van der Waals surface area (Å²) < 4.78 is 11.3. The predicted molar refractivity (Wildman–Crippen MR) is 27.4 cm³/mol. The number of rotatable bonds is 0. The van der Waals surface area contributed by atoms with Crippen molar-refractivity contribution in [3.05, 3.63) is 0 Å². The van der Waals surface area contributed by atoms with Gasteiger partial charge in [0.25, 0.3) is 0 Å². The second kappa shape index (κ2) is 5.13. The van der Waals surface area contributed by atoms with Gasteiger partial charge in [0.2, 0.25) is 0 Å². The standard InChI is InChI=1S/N3P3.Pt/c1-4-2-6-3-5-1;/q;+2. The van der Waals surface area contributed by atoms with E-state index in [4.69, 9.17) is 0 Å². The Balaban J connectivity index is 0.000000360. The van der Waals surface area contributed by atoms with Gasteiger partial charge in [0.05, 0.1) is 0 Å². The zero-order valence-corrected chi connectivity index (χ0v) is 7.95. The minimum Gasteiger partial charge on any atom is -0.166 e. The van der Waals surface area contributed by atoms with Gasteiger partial charge in [-0.2, -0.15) is 13.5 Å². The molecule has 7 heavy (non-hydrogen) atoms. The van der Waals surface area contributed by atoms with Crippen molar-refractivity contribution in [2.24, 2.45) is 0 Å². The molecule has 0 amide bonds. The van der Waals surface area contributed by atoms with E-state index < -0.39 is 0 Å². The van der Waals surface area contributed by atoms with E-state index in [0.717, 1.165) is 25.5 Å². The van der Waals surface area contributed by atoms with Crippen LogP contribution in [0.1, 0.15) is 0 Å². The van der Waals surface area contributed by atoms with E-state index in [2.05, 4.69) is 13.5 Å². The molecule has 0 spiro atoms. The van der Waals surface area contributed by atoms with Crippen LogP contribution in [0.5, 0.6) is 0 Å². The monoisotopic (exact) mass is 330 g/mol. The van der Waals surface area contributed by atoms with Gasteiger partial charge in [0, 0.05) is 0 Å². The van der Waals surface area contributed by atoms with E-state index in [0.29, 0.717) is 0 Å². The second-order valence-electron chi connectivity index (χ2n) is 0.537. The van der Waals surface area contributed by atoms with Gasteiger partial charge in [-0.05, 0) is 0 Å². The molecule has 7 heteroatoms. The van der Waals surface area contributed by atoms with Crippen molar-refractivity contribution in [2.75, 3.05) is 0 Å². The second-order valence-corrected chi connectivity index (χ2v) is 3.22. The van der Waals surface area contributed by atoms with E-state index in [9.17, 15) is 0 Å². The van der Waals surface area contributed by atoms with Gasteiger partial charge in [-0.15, -0.1) is 0 Å². The Morgan fingerprint density at radius 2 is 1.00 bits per heavy atom. The van der Waals surface area contributed by atoms with Gasteiger partial charge in [-0.1, -0.05) is 0 Å². The minimum atomic E-state index is 0. The SMILES string of the molecule is [Pt+2].n1pnpnp1. The third kappa shape index (κ3) is 3.56. The summed E-state index contributed by atoms with van der Waals surface area (Å²) in [6, 6.07) is 0. The van der Waals surface area contributed by atoms with Crippen LogP contribution in [0.2, 0.25) is 0 Å². The van der Waals surface area contributed by atoms with E-state index >= 15 is 0 Å². The van der Waals surface area contributed by atoms with Crippen LogP contribution >= 0.6 is 25.5 Å². The molecule has 0 unspecified atom stereocenters. The van der Waals surface area contributed by atoms with Crippen LogP contribution in [0.4, 0.5) is 0 Å². The topological polar surface area (TPSA) is 38.7 Å². The zero-order chi connectivity index (χ0) is 4.24. The molecule has 3 nitrogen and oxygen atoms in total. The van der Waals surface area contributed by atoms with Crippen LogP contribution in [-0.2, 0) is 21.1 Å². The number of nitrogens with zero attached hydrogens (tertiary/aromatic N) is 3. The molecule has 0 bridgehead atoms. The van der Waals surface area contributed by atoms with Crippen LogP contribution in [0, 0.1) is 0 Å². The maximum atomic E-state index is 3.78. The molecule has 0 N–H and O–H groups in total. The van der Waals surface area contributed by atoms with Crippen molar-refractivity contribution >= 4 is 25.5 Å². The van der Waals surface area contributed by atoms with Crippen molar-refractivity contribution < 1.29 is 21.1 Å². The fourth-order valence-electron chi connectivity index (χ4n) is 0.107. The minimum absolute atomic E-state index is 0. The Morgan fingerprint density at radius 1 is 0.714 bits per heavy atom. The molecule has 0 aliphatic rings. The van der Waals surface area contributed by atoms with E-state index in [1.807, 2.05) is 0 Å². The molecule has 0 fully saturated rings. The first-order valence-electron chi connectivity index (χ1n) is 1.20. The Hall–Kier alpha value is 0.988. The molecule has 1 rings (SSSR count). The Labute approximate surface area is 60.3 Å². The first-order chi connectivity index (χ1) is 3.00. The molecule has 0 saturated carbocycles. The summed E-state index contributed by atoms with van der Waals surface area (Å²) in [7, 11) is 2.49. The average molecular weight is 330 g/mol.